The molecule has 0 aliphatic heterocycles. The topological polar surface area (TPSA) is 66.2 Å². The lowest BCUT2D eigenvalue weighted by atomic mass is 10.2. The molecule has 0 bridgehead atoms. The SMILES string of the molecule is OCc1nc2ccccc2nc1CO. The fraction of sp³-hybridized carbons (Fsp3) is 0.200. The molecule has 0 saturated heterocycles. The van der Waals surface area contributed by atoms with Crippen molar-refractivity contribution >= 4 is 11.0 Å². The highest BCUT2D eigenvalue weighted by atomic mass is 16.3. The van der Waals surface area contributed by atoms with Crippen LogP contribution in [-0.4, -0.2) is 20.2 Å². The lowest BCUT2D eigenvalue weighted by molar-refractivity contribution is 0.252. The van der Waals surface area contributed by atoms with E-state index in [-0.39, 0.29) is 13.2 Å². The zero-order valence-electron chi connectivity index (χ0n) is 7.51. The smallest absolute Gasteiger partial charge is 0.0904 e. The van der Waals surface area contributed by atoms with Crippen LogP contribution in [0.2, 0.25) is 0 Å². The van der Waals surface area contributed by atoms with Gasteiger partial charge in [-0.2, -0.15) is 0 Å². The molecule has 1 heterocycles. The molecule has 0 aliphatic rings. The molecule has 0 atom stereocenters. The van der Waals surface area contributed by atoms with E-state index in [0.717, 1.165) is 11.0 Å². The number of benzene rings is 1. The second kappa shape index (κ2) is 3.69. The van der Waals surface area contributed by atoms with Gasteiger partial charge in [0.15, 0.2) is 0 Å². The van der Waals surface area contributed by atoms with Crippen molar-refractivity contribution < 1.29 is 10.2 Å². The number of para-hydroxylation sites is 2. The summed E-state index contributed by atoms with van der Waals surface area (Å²) < 4.78 is 0. The lowest BCUT2D eigenvalue weighted by Gasteiger charge is -2.04. The van der Waals surface area contributed by atoms with Gasteiger partial charge in [-0.3, -0.25) is 0 Å². The van der Waals surface area contributed by atoms with Crippen LogP contribution in [0.5, 0.6) is 0 Å². The Bertz CT molecular complexity index is 414. The molecule has 14 heavy (non-hydrogen) atoms. The fourth-order valence-corrected chi connectivity index (χ4v) is 1.33. The Morgan fingerprint density at radius 1 is 0.857 bits per heavy atom. The average Bonchev–Trinajstić information content (AvgIpc) is 2.27. The third-order valence-electron chi connectivity index (χ3n) is 2.03. The van der Waals surface area contributed by atoms with Crippen molar-refractivity contribution in [2.75, 3.05) is 0 Å². The predicted octanol–water partition coefficient (Wildman–Crippen LogP) is 0.614. The van der Waals surface area contributed by atoms with Crippen molar-refractivity contribution in [1.82, 2.24) is 9.97 Å². The summed E-state index contributed by atoms with van der Waals surface area (Å²) in [6.45, 7) is -0.401. The molecule has 2 aromatic rings. The molecule has 72 valence electrons. The van der Waals surface area contributed by atoms with E-state index < -0.39 is 0 Å². The summed E-state index contributed by atoms with van der Waals surface area (Å²) in [4.78, 5) is 8.38. The van der Waals surface area contributed by atoms with Gasteiger partial charge in [0.1, 0.15) is 0 Å². The van der Waals surface area contributed by atoms with Crippen LogP contribution in [0, 0.1) is 0 Å². The monoisotopic (exact) mass is 190 g/mol. The maximum absolute atomic E-state index is 9.00. The molecule has 1 aromatic carbocycles. The van der Waals surface area contributed by atoms with Crippen LogP contribution < -0.4 is 0 Å². The summed E-state index contributed by atoms with van der Waals surface area (Å²) in [5.41, 5.74) is 2.33. The van der Waals surface area contributed by atoms with E-state index >= 15 is 0 Å². The Hall–Kier alpha value is -1.52. The number of hydrogen-bond acceptors (Lipinski definition) is 4. The second-order valence-electron chi connectivity index (χ2n) is 2.92. The van der Waals surface area contributed by atoms with Gasteiger partial charge < -0.3 is 10.2 Å². The summed E-state index contributed by atoms with van der Waals surface area (Å²) in [5, 5.41) is 18.0. The van der Waals surface area contributed by atoms with Crippen LogP contribution in [0.1, 0.15) is 11.4 Å². The van der Waals surface area contributed by atoms with Gasteiger partial charge in [0, 0.05) is 0 Å². The third-order valence-corrected chi connectivity index (χ3v) is 2.03. The van der Waals surface area contributed by atoms with Crippen molar-refractivity contribution in [2.45, 2.75) is 13.2 Å². The molecule has 0 spiro atoms. The molecule has 4 heteroatoms. The molecule has 2 N–H and O–H groups in total. The van der Waals surface area contributed by atoms with E-state index in [9.17, 15) is 0 Å². The number of aromatic nitrogens is 2. The highest BCUT2D eigenvalue weighted by molar-refractivity contribution is 5.74. The first-order valence-electron chi connectivity index (χ1n) is 4.31. The Morgan fingerprint density at radius 2 is 1.29 bits per heavy atom. The van der Waals surface area contributed by atoms with Crippen molar-refractivity contribution in [3.05, 3.63) is 35.7 Å². The molecule has 0 saturated carbocycles. The van der Waals surface area contributed by atoms with Gasteiger partial charge in [-0.05, 0) is 12.1 Å². The normalized spacial score (nSPS) is 10.7. The maximum atomic E-state index is 9.00. The molecule has 0 fully saturated rings. The number of nitrogens with zero attached hydrogens (tertiary/aromatic N) is 2. The minimum absolute atomic E-state index is 0.201. The standard InChI is InChI=1S/C10H10N2O2/c13-5-9-10(6-14)12-8-4-2-1-3-7(8)11-9/h1-4,13-14H,5-6H2. The first-order valence-corrected chi connectivity index (χ1v) is 4.31. The third kappa shape index (κ3) is 1.45. The number of rotatable bonds is 2. The molecule has 4 nitrogen and oxygen atoms in total. The summed E-state index contributed by atoms with van der Waals surface area (Å²) in [5.74, 6) is 0. The zero-order valence-corrected chi connectivity index (χ0v) is 7.51. The first-order chi connectivity index (χ1) is 6.85. The Kier molecular flexibility index (Phi) is 2.39. The quantitative estimate of drug-likeness (QED) is 0.728. The zero-order chi connectivity index (χ0) is 9.97. The Morgan fingerprint density at radius 3 is 1.64 bits per heavy atom. The van der Waals surface area contributed by atoms with Crippen molar-refractivity contribution in [2.24, 2.45) is 0 Å². The first kappa shape index (κ1) is 9.05. The van der Waals surface area contributed by atoms with Crippen molar-refractivity contribution in [3.8, 4) is 0 Å². The molecule has 0 aliphatic carbocycles. The van der Waals surface area contributed by atoms with Crippen molar-refractivity contribution in [3.63, 3.8) is 0 Å². The summed E-state index contributed by atoms with van der Waals surface area (Å²) in [7, 11) is 0. The van der Waals surface area contributed by atoms with Crippen LogP contribution in [0.4, 0.5) is 0 Å². The molecule has 0 radical (unpaired) electrons. The van der Waals surface area contributed by atoms with E-state index in [0.29, 0.717) is 11.4 Å². The van der Waals surface area contributed by atoms with E-state index in [1.54, 1.807) is 0 Å². The average molecular weight is 190 g/mol. The Balaban J connectivity index is 2.69. The van der Waals surface area contributed by atoms with Gasteiger partial charge >= 0.3 is 0 Å². The van der Waals surface area contributed by atoms with E-state index in [4.69, 9.17) is 10.2 Å². The molecular formula is C10H10N2O2. The van der Waals surface area contributed by atoms with Crippen molar-refractivity contribution in [1.29, 1.82) is 0 Å². The number of aliphatic hydroxyl groups excluding tert-OH is 2. The highest BCUT2D eigenvalue weighted by Gasteiger charge is 2.05. The summed E-state index contributed by atoms with van der Waals surface area (Å²) >= 11 is 0. The van der Waals surface area contributed by atoms with E-state index in [1.165, 1.54) is 0 Å². The fourth-order valence-electron chi connectivity index (χ4n) is 1.33. The van der Waals surface area contributed by atoms with Gasteiger partial charge in [0.2, 0.25) is 0 Å². The number of fused-ring (bicyclic) bond motifs is 1. The Labute approximate surface area is 80.9 Å². The number of aliphatic hydroxyl groups is 2. The van der Waals surface area contributed by atoms with Gasteiger partial charge in [0.25, 0.3) is 0 Å². The van der Waals surface area contributed by atoms with Crippen LogP contribution >= 0.6 is 0 Å². The van der Waals surface area contributed by atoms with Crippen LogP contribution in [0.15, 0.2) is 24.3 Å². The highest BCUT2D eigenvalue weighted by Crippen LogP contribution is 2.12. The second-order valence-corrected chi connectivity index (χ2v) is 2.92. The van der Waals surface area contributed by atoms with Crippen LogP contribution in [-0.2, 0) is 13.2 Å². The molecule has 0 amide bonds. The molecule has 1 aromatic heterocycles. The maximum Gasteiger partial charge on any atom is 0.0904 e. The van der Waals surface area contributed by atoms with Crippen LogP contribution in [0.25, 0.3) is 11.0 Å². The van der Waals surface area contributed by atoms with E-state index in [1.807, 2.05) is 24.3 Å². The lowest BCUT2D eigenvalue weighted by Crippen LogP contribution is -2.01. The molecule has 2 rings (SSSR count). The summed E-state index contributed by atoms with van der Waals surface area (Å²) in [6.07, 6.45) is 0. The summed E-state index contributed by atoms with van der Waals surface area (Å²) in [6, 6.07) is 7.36. The minimum atomic E-state index is -0.201. The minimum Gasteiger partial charge on any atom is -0.390 e. The van der Waals surface area contributed by atoms with Gasteiger partial charge in [-0.25, -0.2) is 9.97 Å². The van der Waals surface area contributed by atoms with Gasteiger partial charge in [-0.1, -0.05) is 12.1 Å². The molecule has 0 unspecified atom stereocenters. The van der Waals surface area contributed by atoms with Crippen LogP contribution in [0.3, 0.4) is 0 Å². The predicted molar refractivity (Wildman–Crippen MR) is 51.4 cm³/mol. The van der Waals surface area contributed by atoms with Gasteiger partial charge in [-0.15, -0.1) is 0 Å². The van der Waals surface area contributed by atoms with E-state index in [2.05, 4.69) is 9.97 Å². The molecular weight excluding hydrogens is 180 g/mol. The number of hydrogen-bond donors (Lipinski definition) is 2. The van der Waals surface area contributed by atoms with Gasteiger partial charge in [0.05, 0.1) is 35.6 Å². The largest absolute Gasteiger partial charge is 0.390 e.